The van der Waals surface area contributed by atoms with Gasteiger partial charge in [0, 0.05) is 48.7 Å². The number of rotatable bonds is 16. The van der Waals surface area contributed by atoms with E-state index in [0.29, 0.717) is 60.3 Å². The smallest absolute Gasteiger partial charge is 0.410 e. The van der Waals surface area contributed by atoms with E-state index in [2.05, 4.69) is 0 Å². The molecular formula is C68H91ClF2N4O12. The third-order valence-electron chi connectivity index (χ3n) is 14.8. The van der Waals surface area contributed by atoms with E-state index >= 15 is 0 Å². The van der Waals surface area contributed by atoms with E-state index in [9.17, 15) is 42.7 Å². The van der Waals surface area contributed by atoms with Crippen LogP contribution in [0.4, 0.5) is 29.7 Å². The number of esters is 2. The zero-order valence-electron chi connectivity index (χ0n) is 53.1. The van der Waals surface area contributed by atoms with Crippen molar-refractivity contribution in [2.75, 3.05) is 49.1 Å². The first-order chi connectivity index (χ1) is 40.7. The number of halogens is 3. The molecule has 2 aliphatic heterocycles. The quantitative estimate of drug-likeness (QED) is 0.0638. The first kappa shape index (κ1) is 69.2. The number of carbonyl (C=O) groups is 6. The van der Waals surface area contributed by atoms with Gasteiger partial charge in [0.15, 0.2) is 0 Å². The number of alkyl halides is 1. The van der Waals surface area contributed by atoms with E-state index in [1.165, 1.54) is 54.4 Å². The lowest BCUT2D eigenvalue weighted by molar-refractivity contribution is -0.156. The van der Waals surface area contributed by atoms with Crippen LogP contribution in [0.1, 0.15) is 193 Å². The van der Waals surface area contributed by atoms with E-state index in [4.69, 9.17) is 35.3 Å². The van der Waals surface area contributed by atoms with Gasteiger partial charge in [-0.25, -0.2) is 18.4 Å². The van der Waals surface area contributed by atoms with Crippen LogP contribution in [-0.2, 0) is 63.5 Å². The topological polar surface area (TPSA) is 182 Å². The first-order valence-corrected chi connectivity index (χ1v) is 31.0. The molecule has 2 fully saturated rings. The predicted molar refractivity (Wildman–Crippen MR) is 332 cm³/mol. The van der Waals surface area contributed by atoms with Crippen LogP contribution in [0, 0.1) is 11.6 Å². The van der Waals surface area contributed by atoms with Gasteiger partial charge >= 0.3 is 24.1 Å². The van der Waals surface area contributed by atoms with Crippen LogP contribution in [0.3, 0.4) is 0 Å². The summed E-state index contributed by atoms with van der Waals surface area (Å²) in [5.74, 6) is 0.159. The van der Waals surface area contributed by atoms with Gasteiger partial charge in [0.25, 0.3) is 0 Å². The Labute approximate surface area is 518 Å². The predicted octanol–water partition coefficient (Wildman–Crippen LogP) is 14.4. The van der Waals surface area contributed by atoms with Crippen molar-refractivity contribution in [3.63, 3.8) is 0 Å². The first-order valence-electron chi connectivity index (χ1n) is 30.4. The summed E-state index contributed by atoms with van der Waals surface area (Å²) < 4.78 is 55.7. The molecule has 4 aromatic rings. The van der Waals surface area contributed by atoms with Crippen LogP contribution in [-0.4, -0.2) is 113 Å². The van der Waals surface area contributed by atoms with Crippen LogP contribution >= 0.6 is 11.6 Å². The summed E-state index contributed by atoms with van der Waals surface area (Å²) in [6, 6.07) is 21.3. The molecule has 0 aromatic heterocycles. The molecular weight excluding hydrogens is 1140 g/mol. The summed E-state index contributed by atoms with van der Waals surface area (Å²) in [4.78, 5) is 82.0. The molecule has 2 heterocycles. The Bertz CT molecular complexity index is 3040. The Morgan fingerprint density at radius 3 is 1.34 bits per heavy atom. The van der Waals surface area contributed by atoms with Gasteiger partial charge < -0.3 is 38.6 Å². The van der Waals surface area contributed by atoms with E-state index < -0.39 is 46.5 Å². The van der Waals surface area contributed by atoms with Crippen LogP contribution in [0.5, 0.6) is 11.5 Å². The van der Waals surface area contributed by atoms with Crippen LogP contribution in [0.15, 0.2) is 72.8 Å². The molecule has 4 amide bonds. The number of aromatic hydroxyl groups is 1. The maximum atomic E-state index is 14.8. The van der Waals surface area contributed by atoms with Gasteiger partial charge in [-0.05, 0) is 204 Å². The molecule has 0 atom stereocenters. The van der Waals surface area contributed by atoms with Crippen molar-refractivity contribution >= 4 is 58.9 Å². The number of nitrogens with zero attached hydrogens (tertiary/aromatic N) is 4. The maximum absolute atomic E-state index is 14.8. The van der Waals surface area contributed by atoms with Gasteiger partial charge in [0.1, 0.15) is 65.2 Å². The van der Waals surface area contributed by atoms with Crippen molar-refractivity contribution in [3.8, 4) is 11.5 Å². The third-order valence-corrected chi connectivity index (χ3v) is 15.1. The summed E-state index contributed by atoms with van der Waals surface area (Å²) >= 11 is 5.60. The number of ether oxygens (including phenoxy) is 5. The normalized spacial score (nSPS) is 15.1. The second-order valence-electron chi connectivity index (χ2n) is 26.8. The monoisotopic (exact) mass is 1230 g/mol. The third kappa shape index (κ3) is 22.0. The molecule has 0 radical (unpaired) electrons. The number of hydrogen-bond donors (Lipinski definition) is 1. The zero-order valence-corrected chi connectivity index (χ0v) is 53.8. The number of benzene rings is 4. The molecule has 4 aromatic carbocycles. The molecule has 476 valence electrons. The van der Waals surface area contributed by atoms with Gasteiger partial charge in [-0.1, -0.05) is 49.9 Å². The highest BCUT2D eigenvalue weighted by molar-refractivity contribution is 6.17. The van der Waals surface area contributed by atoms with Gasteiger partial charge in [0.2, 0.25) is 11.8 Å². The van der Waals surface area contributed by atoms with Crippen LogP contribution in [0.2, 0.25) is 0 Å². The van der Waals surface area contributed by atoms with Crippen molar-refractivity contribution in [2.24, 2.45) is 0 Å². The van der Waals surface area contributed by atoms with Crippen molar-refractivity contribution in [2.45, 2.75) is 207 Å². The molecule has 4 aliphatic rings. The number of carbonyl (C=O) groups excluding carboxylic acids is 6. The average molecular weight is 1230 g/mol. The minimum atomic E-state index is -0.762. The molecule has 1 N–H and O–H groups in total. The Hall–Kier alpha value is -6.95. The average Bonchev–Trinajstić information content (AvgIpc) is 2.63. The molecule has 0 bridgehead atoms. The lowest BCUT2D eigenvalue weighted by atomic mass is 9.96. The van der Waals surface area contributed by atoms with E-state index in [-0.39, 0.29) is 80.7 Å². The number of fused-ring (bicyclic) bond motifs is 2. The second kappa shape index (κ2) is 30.3. The Kier molecular flexibility index (Phi) is 24.1. The number of phenols is 1. The fourth-order valence-corrected chi connectivity index (χ4v) is 11.0. The van der Waals surface area contributed by atoms with Crippen molar-refractivity contribution < 1.29 is 66.3 Å². The van der Waals surface area contributed by atoms with Crippen molar-refractivity contribution in [3.05, 3.63) is 118 Å². The lowest BCUT2D eigenvalue weighted by Gasteiger charge is -2.29. The van der Waals surface area contributed by atoms with E-state index in [1.54, 1.807) is 123 Å². The van der Waals surface area contributed by atoms with Gasteiger partial charge in [-0.3, -0.25) is 29.0 Å². The Morgan fingerprint density at radius 2 is 0.943 bits per heavy atom. The van der Waals surface area contributed by atoms with E-state index in [1.807, 2.05) is 36.4 Å². The highest BCUT2D eigenvalue weighted by Crippen LogP contribution is 2.37. The lowest BCUT2D eigenvalue weighted by Crippen LogP contribution is -2.45. The molecule has 87 heavy (non-hydrogen) atoms. The van der Waals surface area contributed by atoms with Gasteiger partial charge in [0.05, 0.1) is 18.7 Å². The molecule has 0 spiro atoms. The van der Waals surface area contributed by atoms with Gasteiger partial charge in [-0.2, -0.15) is 0 Å². The SMILES string of the molecule is CC(C)(C)OC(=O)CCN(CC(=O)N1CCc2cc(O)ccc21)C(=O)OC(C)(C)C.CC(C)(C)OC(=O)CCN(CC(=O)N1CCc2cc(OCc3ccc(C4CCCC4)cc3F)ccc21)C(=O)OC(C)(C)C.Fc1cc(C2CCCC2)ccc1CCl. The van der Waals surface area contributed by atoms with E-state index in [0.717, 1.165) is 40.8 Å². The van der Waals surface area contributed by atoms with Crippen molar-refractivity contribution in [1.29, 1.82) is 0 Å². The fraction of sp³-hybridized carbons (Fsp3) is 0.559. The maximum Gasteiger partial charge on any atom is 0.410 e. The Balaban J connectivity index is 0.000000236. The molecule has 16 nitrogen and oxygen atoms in total. The minimum Gasteiger partial charge on any atom is -0.508 e. The number of hydrogen-bond acceptors (Lipinski definition) is 12. The van der Waals surface area contributed by atoms with Crippen LogP contribution < -0.4 is 14.5 Å². The summed E-state index contributed by atoms with van der Waals surface area (Å²) in [5.41, 5.74) is 3.81. The summed E-state index contributed by atoms with van der Waals surface area (Å²) in [6.45, 7) is 21.6. The van der Waals surface area contributed by atoms with Crippen LogP contribution in [0.25, 0.3) is 0 Å². The molecule has 19 heteroatoms. The molecule has 2 aliphatic carbocycles. The second-order valence-corrected chi connectivity index (χ2v) is 27.0. The minimum absolute atomic E-state index is 0.00580. The highest BCUT2D eigenvalue weighted by atomic mass is 35.5. The summed E-state index contributed by atoms with van der Waals surface area (Å²) in [5, 5.41) is 9.63. The zero-order chi connectivity index (χ0) is 64.0. The highest BCUT2D eigenvalue weighted by Gasteiger charge is 2.33. The fourth-order valence-electron chi connectivity index (χ4n) is 10.8. The Morgan fingerprint density at radius 1 is 0.540 bits per heavy atom. The summed E-state index contributed by atoms with van der Waals surface area (Å²) in [6.07, 6.45) is 9.42. The number of phenolic OH excluding ortho intramolecular Hbond substituents is 1. The van der Waals surface area contributed by atoms with Gasteiger partial charge in [-0.15, -0.1) is 11.6 Å². The number of anilines is 2. The standard InChI is InChI=1S/C34H45FN2O6.C22H32N2O6.C12H14ClF/c1-33(2,3)42-31(39)16-17-36(32(40)43-34(4,5)6)21-30(38)37-18-15-25-19-27(13-14-29(25)37)41-22-26-12-11-24(20-28(26)35)23-9-7-8-10-23;1-21(2,3)29-19(27)10-11-23(20(28)30-22(4,5)6)14-18(26)24-12-9-15-13-16(25)7-8-17(15)24;13-8-11-6-5-10(7-12(11)14)9-3-1-2-4-9/h11-14,19-20,23H,7-10,15-18,21-22H2,1-6H3;7-8,13,25H,9-12,14H2,1-6H3;5-7,9H,1-4,8H2. The largest absolute Gasteiger partial charge is 0.508 e. The number of amides is 4. The molecule has 2 saturated carbocycles. The molecule has 0 unspecified atom stereocenters. The molecule has 0 saturated heterocycles. The molecule has 8 rings (SSSR count). The summed E-state index contributed by atoms with van der Waals surface area (Å²) in [7, 11) is 0. The van der Waals surface area contributed by atoms with Crippen molar-refractivity contribution in [1.82, 2.24) is 9.80 Å².